The minimum atomic E-state index is -0.324. The first-order valence-electron chi connectivity index (χ1n) is 10.3. The summed E-state index contributed by atoms with van der Waals surface area (Å²) in [6.07, 6.45) is 1.07. The van der Waals surface area contributed by atoms with E-state index in [1.807, 2.05) is 25.2 Å². The first-order valence-corrected chi connectivity index (χ1v) is 11.2. The van der Waals surface area contributed by atoms with Crippen molar-refractivity contribution in [1.29, 1.82) is 0 Å². The molecule has 2 amide bonds. The number of hydrogen-bond donors (Lipinski definition) is 2. The Labute approximate surface area is 181 Å². The second-order valence-electron chi connectivity index (χ2n) is 6.96. The van der Waals surface area contributed by atoms with Crippen molar-refractivity contribution < 1.29 is 19.1 Å². The molecule has 0 radical (unpaired) electrons. The van der Waals surface area contributed by atoms with E-state index in [1.54, 1.807) is 18.2 Å². The highest BCUT2D eigenvalue weighted by molar-refractivity contribution is 7.10. The summed E-state index contributed by atoms with van der Waals surface area (Å²) in [4.78, 5) is 28.3. The lowest BCUT2D eigenvalue weighted by molar-refractivity contribution is -0.120. The zero-order chi connectivity index (χ0) is 21.3. The Kier molecular flexibility index (Phi) is 8.10. The SMILES string of the molecule is CCOc1ccc(C(=O)NCC(=O)NCCN2CCc3sccc3C2)cc1OCC. The Morgan fingerprint density at radius 2 is 1.90 bits per heavy atom. The van der Waals surface area contributed by atoms with Crippen LogP contribution in [0.25, 0.3) is 0 Å². The van der Waals surface area contributed by atoms with Crippen LogP contribution < -0.4 is 20.1 Å². The van der Waals surface area contributed by atoms with E-state index >= 15 is 0 Å². The van der Waals surface area contributed by atoms with Crippen LogP contribution >= 0.6 is 11.3 Å². The van der Waals surface area contributed by atoms with E-state index in [1.165, 1.54) is 10.4 Å². The van der Waals surface area contributed by atoms with Crippen LogP contribution in [0.1, 0.15) is 34.6 Å². The van der Waals surface area contributed by atoms with Gasteiger partial charge in [0.25, 0.3) is 5.91 Å². The van der Waals surface area contributed by atoms with E-state index in [9.17, 15) is 9.59 Å². The molecule has 0 spiro atoms. The van der Waals surface area contributed by atoms with E-state index in [0.29, 0.717) is 36.8 Å². The predicted molar refractivity (Wildman–Crippen MR) is 117 cm³/mol. The number of fused-ring (bicyclic) bond motifs is 1. The van der Waals surface area contributed by atoms with Gasteiger partial charge in [0.15, 0.2) is 11.5 Å². The molecule has 1 aliphatic heterocycles. The third-order valence-electron chi connectivity index (χ3n) is 4.85. The highest BCUT2D eigenvalue weighted by atomic mass is 32.1. The molecule has 2 N–H and O–H groups in total. The zero-order valence-electron chi connectivity index (χ0n) is 17.5. The van der Waals surface area contributed by atoms with Crippen LogP contribution in [0.5, 0.6) is 11.5 Å². The first-order chi connectivity index (χ1) is 14.6. The van der Waals surface area contributed by atoms with Crippen LogP contribution in [0.2, 0.25) is 0 Å². The standard InChI is InChI=1S/C22H29N3O4S/c1-3-28-18-6-5-16(13-19(18)29-4-2)22(27)24-14-21(26)23-9-11-25-10-7-20-17(15-25)8-12-30-20/h5-6,8,12-13H,3-4,7,9-11,14-15H2,1-2H3,(H,23,26)(H,24,27). The van der Waals surface area contributed by atoms with Crippen LogP contribution in [-0.4, -0.2) is 56.1 Å². The van der Waals surface area contributed by atoms with Gasteiger partial charge in [-0.1, -0.05) is 0 Å². The minimum Gasteiger partial charge on any atom is -0.490 e. The maximum atomic E-state index is 12.4. The van der Waals surface area contributed by atoms with Crippen molar-refractivity contribution in [3.05, 3.63) is 45.6 Å². The van der Waals surface area contributed by atoms with Gasteiger partial charge in [-0.2, -0.15) is 0 Å². The van der Waals surface area contributed by atoms with Gasteiger partial charge in [-0.25, -0.2) is 0 Å². The molecule has 0 bridgehead atoms. The van der Waals surface area contributed by atoms with Crippen molar-refractivity contribution in [1.82, 2.24) is 15.5 Å². The second-order valence-corrected chi connectivity index (χ2v) is 7.96. The molecule has 0 unspecified atom stereocenters. The molecule has 8 heteroatoms. The van der Waals surface area contributed by atoms with Crippen LogP contribution in [0.3, 0.4) is 0 Å². The van der Waals surface area contributed by atoms with Crippen molar-refractivity contribution in [2.75, 3.05) is 39.4 Å². The molecule has 1 aromatic carbocycles. The summed E-state index contributed by atoms with van der Waals surface area (Å²) in [7, 11) is 0. The van der Waals surface area contributed by atoms with Gasteiger partial charge >= 0.3 is 0 Å². The maximum absolute atomic E-state index is 12.4. The molecule has 30 heavy (non-hydrogen) atoms. The molecule has 0 saturated carbocycles. The fourth-order valence-electron chi connectivity index (χ4n) is 3.37. The van der Waals surface area contributed by atoms with Gasteiger partial charge in [0.05, 0.1) is 19.8 Å². The molecule has 2 heterocycles. The number of nitrogens with one attached hydrogen (secondary N) is 2. The zero-order valence-corrected chi connectivity index (χ0v) is 18.3. The number of benzene rings is 1. The van der Waals surface area contributed by atoms with Crippen LogP contribution in [-0.2, 0) is 17.8 Å². The average molecular weight is 432 g/mol. The third kappa shape index (κ3) is 5.96. The lowest BCUT2D eigenvalue weighted by Gasteiger charge is -2.26. The number of ether oxygens (including phenoxy) is 2. The van der Waals surface area contributed by atoms with E-state index in [2.05, 4.69) is 27.0 Å². The Morgan fingerprint density at radius 1 is 1.10 bits per heavy atom. The van der Waals surface area contributed by atoms with Gasteiger partial charge in [0, 0.05) is 36.6 Å². The summed E-state index contributed by atoms with van der Waals surface area (Å²) in [5, 5.41) is 7.67. The molecule has 1 aromatic heterocycles. The molecule has 0 saturated heterocycles. The number of carbonyl (C=O) groups excluding carboxylic acids is 2. The number of nitrogens with zero attached hydrogens (tertiary/aromatic N) is 1. The lowest BCUT2D eigenvalue weighted by atomic mass is 10.1. The molecule has 0 fully saturated rings. The molecule has 3 rings (SSSR count). The van der Waals surface area contributed by atoms with Gasteiger partial charge in [-0.05, 0) is 55.5 Å². The van der Waals surface area contributed by atoms with E-state index in [4.69, 9.17) is 9.47 Å². The fourth-order valence-corrected chi connectivity index (χ4v) is 4.26. The summed E-state index contributed by atoms with van der Waals surface area (Å²) in [5.41, 5.74) is 1.82. The summed E-state index contributed by atoms with van der Waals surface area (Å²) >= 11 is 1.82. The molecule has 162 valence electrons. The summed E-state index contributed by atoms with van der Waals surface area (Å²) in [5.74, 6) is 0.593. The topological polar surface area (TPSA) is 79.9 Å². The average Bonchev–Trinajstić information content (AvgIpc) is 3.21. The molecule has 7 nitrogen and oxygen atoms in total. The molecular formula is C22H29N3O4S. The first kappa shape index (κ1) is 22.1. The Bertz CT molecular complexity index is 868. The van der Waals surface area contributed by atoms with E-state index in [-0.39, 0.29) is 18.4 Å². The molecule has 0 atom stereocenters. The second kappa shape index (κ2) is 11.0. The molecular weight excluding hydrogens is 402 g/mol. The van der Waals surface area contributed by atoms with Crippen molar-refractivity contribution in [3.63, 3.8) is 0 Å². The monoisotopic (exact) mass is 431 g/mol. The molecule has 0 aliphatic carbocycles. The number of amides is 2. The highest BCUT2D eigenvalue weighted by Gasteiger charge is 2.17. The smallest absolute Gasteiger partial charge is 0.251 e. The number of rotatable bonds is 10. The molecule has 2 aromatic rings. The quantitative estimate of drug-likeness (QED) is 0.604. The predicted octanol–water partition coefficient (Wildman–Crippen LogP) is 2.45. The maximum Gasteiger partial charge on any atom is 0.251 e. The van der Waals surface area contributed by atoms with E-state index < -0.39 is 0 Å². The Balaban J connectivity index is 1.41. The van der Waals surface area contributed by atoms with Gasteiger partial charge in [0.1, 0.15) is 0 Å². The number of thiophene rings is 1. The number of hydrogen-bond acceptors (Lipinski definition) is 6. The normalized spacial score (nSPS) is 13.4. The van der Waals surface area contributed by atoms with Crippen molar-refractivity contribution in [3.8, 4) is 11.5 Å². The molecule has 1 aliphatic rings. The van der Waals surface area contributed by atoms with Crippen molar-refractivity contribution in [2.45, 2.75) is 26.8 Å². The summed E-state index contributed by atoms with van der Waals surface area (Å²) < 4.78 is 11.1. The van der Waals surface area contributed by atoms with Gasteiger partial charge in [-0.15, -0.1) is 11.3 Å². The van der Waals surface area contributed by atoms with Crippen LogP contribution in [0.15, 0.2) is 29.6 Å². The third-order valence-corrected chi connectivity index (χ3v) is 5.88. The Hall–Kier alpha value is -2.58. The minimum absolute atomic E-state index is 0.0648. The largest absolute Gasteiger partial charge is 0.490 e. The summed E-state index contributed by atoms with van der Waals surface area (Å²) in [6.45, 7) is 7.98. The lowest BCUT2D eigenvalue weighted by Crippen LogP contribution is -2.41. The van der Waals surface area contributed by atoms with Crippen molar-refractivity contribution in [2.24, 2.45) is 0 Å². The van der Waals surface area contributed by atoms with Gasteiger partial charge < -0.3 is 20.1 Å². The van der Waals surface area contributed by atoms with Crippen molar-refractivity contribution >= 4 is 23.2 Å². The van der Waals surface area contributed by atoms with E-state index in [0.717, 1.165) is 26.1 Å². The van der Waals surface area contributed by atoms with Crippen LogP contribution in [0, 0.1) is 0 Å². The summed E-state index contributed by atoms with van der Waals surface area (Å²) in [6, 6.07) is 7.19. The van der Waals surface area contributed by atoms with Gasteiger partial charge in [-0.3, -0.25) is 14.5 Å². The van der Waals surface area contributed by atoms with Gasteiger partial charge in [0.2, 0.25) is 5.91 Å². The highest BCUT2D eigenvalue weighted by Crippen LogP contribution is 2.28. The fraction of sp³-hybridized carbons (Fsp3) is 0.455. The van der Waals surface area contributed by atoms with Crippen LogP contribution in [0.4, 0.5) is 0 Å². The Morgan fingerprint density at radius 3 is 2.70 bits per heavy atom. The number of carbonyl (C=O) groups is 2.